The highest BCUT2D eigenvalue weighted by Gasteiger charge is 2.12. The zero-order valence-corrected chi connectivity index (χ0v) is 14.5. The van der Waals surface area contributed by atoms with Gasteiger partial charge in [-0.15, -0.1) is 11.3 Å². The van der Waals surface area contributed by atoms with Gasteiger partial charge in [-0.3, -0.25) is 0 Å². The van der Waals surface area contributed by atoms with Gasteiger partial charge < -0.3 is 5.73 Å². The maximum Gasteiger partial charge on any atom is 0.0957 e. The lowest BCUT2D eigenvalue weighted by Crippen LogP contribution is -2.13. The number of aromatic nitrogens is 1. The molecule has 0 aliphatic heterocycles. The van der Waals surface area contributed by atoms with Crippen LogP contribution in [0.25, 0.3) is 10.2 Å². The predicted octanol–water partition coefficient (Wildman–Crippen LogP) is 5.06. The Morgan fingerprint density at radius 1 is 1.10 bits per heavy atom. The normalized spacial score (nSPS) is 12.8. The number of fused-ring (bicyclic) bond motifs is 1. The molecule has 1 unspecified atom stereocenters. The summed E-state index contributed by atoms with van der Waals surface area (Å²) < 4.78 is 3.27. The van der Waals surface area contributed by atoms with E-state index in [0.717, 1.165) is 31.5 Å². The van der Waals surface area contributed by atoms with Crippen LogP contribution >= 0.6 is 43.2 Å². The first-order valence-corrected chi connectivity index (χ1v) is 8.58. The minimum atomic E-state index is -0.0515. The lowest BCUT2D eigenvalue weighted by molar-refractivity contribution is 0.718. The highest BCUT2D eigenvalue weighted by atomic mass is 79.9. The molecular weight excluding hydrogens is 400 g/mol. The lowest BCUT2D eigenvalue weighted by atomic mass is 10.1. The van der Waals surface area contributed by atoms with Crippen LogP contribution in [0.15, 0.2) is 51.4 Å². The first-order valence-electron chi connectivity index (χ1n) is 6.18. The van der Waals surface area contributed by atoms with Crippen LogP contribution < -0.4 is 5.73 Å². The number of para-hydroxylation sites is 1. The van der Waals surface area contributed by atoms with Crippen molar-refractivity contribution in [3.8, 4) is 0 Å². The van der Waals surface area contributed by atoms with Gasteiger partial charge in [-0.2, -0.15) is 0 Å². The van der Waals surface area contributed by atoms with Gasteiger partial charge in [-0.05, 0) is 35.9 Å². The standard InChI is InChI=1S/C15H12Br2N2S/c16-10-5-9(6-11(17)7-10)12(18)8-15-19-13-3-1-2-4-14(13)20-15/h1-7,12H,8,18H2. The Morgan fingerprint density at radius 2 is 1.80 bits per heavy atom. The highest BCUT2D eigenvalue weighted by molar-refractivity contribution is 9.11. The van der Waals surface area contributed by atoms with Crippen LogP contribution in [0.4, 0.5) is 0 Å². The predicted molar refractivity (Wildman–Crippen MR) is 92.1 cm³/mol. The monoisotopic (exact) mass is 410 g/mol. The summed E-state index contributed by atoms with van der Waals surface area (Å²) in [5, 5.41) is 1.08. The van der Waals surface area contributed by atoms with Gasteiger partial charge in [0.2, 0.25) is 0 Å². The number of rotatable bonds is 3. The van der Waals surface area contributed by atoms with Crippen molar-refractivity contribution in [1.29, 1.82) is 0 Å². The minimum absolute atomic E-state index is 0.0515. The molecule has 3 rings (SSSR count). The smallest absolute Gasteiger partial charge is 0.0957 e. The molecule has 0 bridgehead atoms. The quantitative estimate of drug-likeness (QED) is 0.653. The van der Waals surface area contributed by atoms with Crippen LogP contribution in [0.3, 0.4) is 0 Å². The van der Waals surface area contributed by atoms with E-state index in [1.54, 1.807) is 11.3 Å². The summed E-state index contributed by atoms with van der Waals surface area (Å²) in [5.41, 5.74) is 8.46. The van der Waals surface area contributed by atoms with Crippen molar-refractivity contribution in [2.75, 3.05) is 0 Å². The second-order valence-corrected chi connectivity index (χ2v) is 7.54. The molecule has 2 aromatic carbocycles. The van der Waals surface area contributed by atoms with Crippen LogP contribution in [0.2, 0.25) is 0 Å². The molecule has 0 saturated heterocycles. The average Bonchev–Trinajstić information content (AvgIpc) is 2.79. The third kappa shape index (κ3) is 3.11. The van der Waals surface area contributed by atoms with E-state index < -0.39 is 0 Å². The van der Waals surface area contributed by atoms with Crippen LogP contribution in [-0.2, 0) is 6.42 Å². The molecule has 0 aliphatic rings. The zero-order valence-electron chi connectivity index (χ0n) is 10.5. The van der Waals surface area contributed by atoms with Crippen molar-refractivity contribution in [3.63, 3.8) is 0 Å². The molecule has 20 heavy (non-hydrogen) atoms. The molecule has 0 aliphatic carbocycles. The van der Waals surface area contributed by atoms with Gasteiger partial charge in [0.05, 0.1) is 15.2 Å². The van der Waals surface area contributed by atoms with E-state index in [4.69, 9.17) is 5.73 Å². The average molecular weight is 412 g/mol. The molecule has 0 amide bonds. The summed E-state index contributed by atoms with van der Waals surface area (Å²) in [7, 11) is 0. The lowest BCUT2D eigenvalue weighted by Gasteiger charge is -2.11. The van der Waals surface area contributed by atoms with Crippen molar-refractivity contribution in [3.05, 3.63) is 62.0 Å². The molecular formula is C15H12Br2N2S. The van der Waals surface area contributed by atoms with E-state index in [1.165, 1.54) is 4.70 Å². The fraction of sp³-hybridized carbons (Fsp3) is 0.133. The third-order valence-electron chi connectivity index (χ3n) is 3.05. The molecule has 0 spiro atoms. The largest absolute Gasteiger partial charge is 0.324 e. The molecule has 1 aromatic heterocycles. The van der Waals surface area contributed by atoms with Gasteiger partial charge in [-0.25, -0.2) is 4.98 Å². The van der Waals surface area contributed by atoms with Gasteiger partial charge in [0.15, 0.2) is 0 Å². The molecule has 1 heterocycles. The fourth-order valence-electron chi connectivity index (χ4n) is 2.10. The van der Waals surface area contributed by atoms with E-state index in [-0.39, 0.29) is 6.04 Å². The number of thiazole rings is 1. The second kappa shape index (κ2) is 5.93. The van der Waals surface area contributed by atoms with E-state index in [0.29, 0.717) is 0 Å². The van der Waals surface area contributed by atoms with E-state index in [9.17, 15) is 0 Å². The first kappa shape index (κ1) is 14.2. The number of hydrogen-bond donors (Lipinski definition) is 1. The first-order chi connectivity index (χ1) is 9.61. The number of nitrogens with two attached hydrogens (primary N) is 1. The van der Waals surface area contributed by atoms with Crippen molar-refractivity contribution >= 4 is 53.4 Å². The molecule has 0 saturated carbocycles. The maximum absolute atomic E-state index is 6.31. The van der Waals surface area contributed by atoms with Crippen LogP contribution in [0.5, 0.6) is 0 Å². The Kier molecular flexibility index (Phi) is 4.21. The van der Waals surface area contributed by atoms with Crippen molar-refractivity contribution in [2.24, 2.45) is 5.73 Å². The third-order valence-corrected chi connectivity index (χ3v) is 5.02. The fourth-order valence-corrected chi connectivity index (χ4v) is 4.46. The second-order valence-electron chi connectivity index (χ2n) is 4.59. The van der Waals surface area contributed by atoms with Crippen molar-refractivity contribution in [2.45, 2.75) is 12.5 Å². The molecule has 1 atom stereocenters. The Labute approximate surface area is 138 Å². The van der Waals surface area contributed by atoms with E-state index in [1.807, 2.05) is 24.3 Å². The summed E-state index contributed by atoms with van der Waals surface area (Å²) in [6.07, 6.45) is 0.752. The summed E-state index contributed by atoms with van der Waals surface area (Å²) in [5.74, 6) is 0. The number of halogens is 2. The zero-order chi connectivity index (χ0) is 14.1. The summed E-state index contributed by atoms with van der Waals surface area (Å²) >= 11 is 8.71. The Hall–Kier alpha value is -0.750. The Bertz CT molecular complexity index is 701. The van der Waals surface area contributed by atoms with Gasteiger partial charge in [-0.1, -0.05) is 44.0 Å². The van der Waals surface area contributed by atoms with Gasteiger partial charge in [0, 0.05) is 21.4 Å². The minimum Gasteiger partial charge on any atom is -0.324 e. The summed E-state index contributed by atoms with van der Waals surface area (Å²) in [6, 6.07) is 14.3. The molecule has 5 heteroatoms. The molecule has 2 N–H and O–H groups in total. The van der Waals surface area contributed by atoms with Crippen LogP contribution in [0, 0.1) is 0 Å². The Balaban J connectivity index is 1.86. The summed E-state index contributed by atoms with van der Waals surface area (Å²) in [4.78, 5) is 4.64. The molecule has 0 fully saturated rings. The van der Waals surface area contributed by atoms with Gasteiger partial charge in [0.1, 0.15) is 0 Å². The van der Waals surface area contributed by atoms with Crippen LogP contribution in [0.1, 0.15) is 16.6 Å². The number of hydrogen-bond acceptors (Lipinski definition) is 3. The molecule has 3 aromatic rings. The van der Waals surface area contributed by atoms with Crippen molar-refractivity contribution < 1.29 is 0 Å². The molecule has 2 nitrogen and oxygen atoms in total. The molecule has 0 radical (unpaired) electrons. The van der Waals surface area contributed by atoms with Crippen LogP contribution in [-0.4, -0.2) is 4.98 Å². The topological polar surface area (TPSA) is 38.9 Å². The van der Waals surface area contributed by atoms with Gasteiger partial charge in [0.25, 0.3) is 0 Å². The SMILES string of the molecule is NC(Cc1nc2ccccc2s1)c1cc(Br)cc(Br)c1. The van der Waals surface area contributed by atoms with E-state index >= 15 is 0 Å². The Morgan fingerprint density at radius 3 is 2.50 bits per heavy atom. The highest BCUT2D eigenvalue weighted by Crippen LogP contribution is 2.28. The van der Waals surface area contributed by atoms with Gasteiger partial charge >= 0.3 is 0 Å². The maximum atomic E-state index is 6.31. The van der Waals surface area contributed by atoms with E-state index in [2.05, 4.69) is 55.0 Å². The number of benzene rings is 2. The molecule has 102 valence electrons. The number of nitrogens with zero attached hydrogens (tertiary/aromatic N) is 1. The summed E-state index contributed by atoms with van der Waals surface area (Å²) in [6.45, 7) is 0. The van der Waals surface area contributed by atoms with Crippen molar-refractivity contribution in [1.82, 2.24) is 4.98 Å².